The van der Waals surface area contributed by atoms with E-state index in [-0.39, 0.29) is 15.3 Å². The molecule has 1 amide bonds. The molecule has 0 saturated carbocycles. The van der Waals surface area contributed by atoms with Crippen LogP contribution < -0.4 is 5.32 Å². The van der Waals surface area contributed by atoms with Crippen molar-refractivity contribution < 1.29 is 22.4 Å². The molecule has 1 heterocycles. The van der Waals surface area contributed by atoms with E-state index in [9.17, 15) is 22.4 Å². The summed E-state index contributed by atoms with van der Waals surface area (Å²) < 4.78 is 52.7. The smallest absolute Gasteiger partial charge is 0.250 e. The SMILES string of the molecule is O=C(C=Cc1ccc(F)cc1)Nc1nc2c(F)c(F)c(F)cc2s1. The quantitative estimate of drug-likeness (QED) is 0.428. The molecule has 0 saturated heterocycles. The van der Waals surface area contributed by atoms with Gasteiger partial charge >= 0.3 is 0 Å². The number of aromatic nitrogens is 1. The van der Waals surface area contributed by atoms with E-state index >= 15 is 0 Å². The number of rotatable bonds is 3. The van der Waals surface area contributed by atoms with Crippen molar-refractivity contribution in [2.75, 3.05) is 5.32 Å². The number of carbonyl (C=O) groups excluding carboxylic acids is 1. The third kappa shape index (κ3) is 3.28. The normalized spacial score (nSPS) is 11.3. The Kier molecular flexibility index (Phi) is 4.30. The summed E-state index contributed by atoms with van der Waals surface area (Å²) in [5, 5.41) is 2.38. The van der Waals surface area contributed by atoms with Gasteiger partial charge in [0.15, 0.2) is 22.6 Å². The first-order chi connectivity index (χ1) is 11.4. The van der Waals surface area contributed by atoms with Crippen molar-refractivity contribution in [1.82, 2.24) is 4.98 Å². The molecule has 0 atom stereocenters. The highest BCUT2D eigenvalue weighted by molar-refractivity contribution is 7.22. The summed E-state index contributed by atoms with van der Waals surface area (Å²) in [4.78, 5) is 15.5. The molecule has 3 nitrogen and oxygen atoms in total. The summed E-state index contributed by atoms with van der Waals surface area (Å²) in [5.41, 5.74) is 0.253. The molecule has 1 N–H and O–H groups in total. The molecule has 0 unspecified atom stereocenters. The van der Waals surface area contributed by atoms with Crippen LogP contribution in [0.15, 0.2) is 36.4 Å². The molecule has 0 bridgehead atoms. The standard InChI is InChI=1S/C16H8F4N2OS/c17-9-4-1-8(2-5-9)3-6-12(23)21-16-22-15-11(24-16)7-10(18)13(19)14(15)20/h1-7H,(H,21,22,23). The van der Waals surface area contributed by atoms with Crippen LogP contribution in [0.4, 0.5) is 22.7 Å². The molecule has 122 valence electrons. The number of benzene rings is 2. The van der Waals surface area contributed by atoms with Gasteiger partial charge in [0.2, 0.25) is 5.91 Å². The topological polar surface area (TPSA) is 42.0 Å². The number of anilines is 1. The number of thiazole rings is 1. The largest absolute Gasteiger partial charge is 0.298 e. The Labute approximate surface area is 137 Å². The predicted octanol–water partition coefficient (Wildman–Crippen LogP) is 4.50. The lowest BCUT2D eigenvalue weighted by Gasteiger charge is -1.96. The van der Waals surface area contributed by atoms with Gasteiger partial charge < -0.3 is 0 Å². The molecule has 0 fully saturated rings. The highest BCUT2D eigenvalue weighted by Crippen LogP contribution is 2.30. The van der Waals surface area contributed by atoms with Gasteiger partial charge in [0.1, 0.15) is 11.3 Å². The second-order valence-corrected chi connectivity index (χ2v) is 5.76. The Balaban J connectivity index is 1.78. The van der Waals surface area contributed by atoms with Gasteiger partial charge in [-0.2, -0.15) is 0 Å². The van der Waals surface area contributed by atoms with Crippen LogP contribution in [0.3, 0.4) is 0 Å². The minimum atomic E-state index is -1.61. The third-order valence-electron chi connectivity index (χ3n) is 3.05. The van der Waals surface area contributed by atoms with E-state index in [4.69, 9.17) is 0 Å². The number of amides is 1. The van der Waals surface area contributed by atoms with Crippen molar-refractivity contribution in [2.45, 2.75) is 0 Å². The van der Waals surface area contributed by atoms with Gasteiger partial charge in [0.05, 0.1) is 4.70 Å². The van der Waals surface area contributed by atoms with E-state index < -0.39 is 29.2 Å². The fraction of sp³-hybridized carbons (Fsp3) is 0. The molecule has 0 aliphatic rings. The van der Waals surface area contributed by atoms with Crippen molar-refractivity contribution >= 4 is 38.7 Å². The first-order valence-electron chi connectivity index (χ1n) is 6.62. The van der Waals surface area contributed by atoms with Crippen LogP contribution in [-0.4, -0.2) is 10.9 Å². The van der Waals surface area contributed by atoms with Crippen LogP contribution in [0.1, 0.15) is 5.56 Å². The monoisotopic (exact) mass is 352 g/mol. The highest BCUT2D eigenvalue weighted by Gasteiger charge is 2.17. The Morgan fingerprint density at radius 2 is 1.79 bits per heavy atom. The molecule has 1 aromatic heterocycles. The molecular weight excluding hydrogens is 344 g/mol. The summed E-state index contributed by atoms with van der Waals surface area (Å²) in [6.07, 6.45) is 2.62. The lowest BCUT2D eigenvalue weighted by molar-refractivity contribution is -0.111. The number of carbonyl (C=O) groups is 1. The average Bonchev–Trinajstić information content (AvgIpc) is 2.94. The Bertz CT molecular complexity index is 951. The van der Waals surface area contributed by atoms with Gasteiger partial charge in [-0.15, -0.1) is 0 Å². The Morgan fingerprint density at radius 3 is 2.50 bits per heavy atom. The van der Waals surface area contributed by atoms with Gasteiger partial charge in [0, 0.05) is 6.08 Å². The number of nitrogens with one attached hydrogen (secondary N) is 1. The zero-order chi connectivity index (χ0) is 17.3. The van der Waals surface area contributed by atoms with Crippen LogP contribution in [-0.2, 0) is 4.79 Å². The van der Waals surface area contributed by atoms with E-state index in [1.165, 1.54) is 36.4 Å². The number of fused-ring (bicyclic) bond motifs is 1. The van der Waals surface area contributed by atoms with Crippen LogP contribution in [0.2, 0.25) is 0 Å². The molecular formula is C16H8F4N2OS. The van der Waals surface area contributed by atoms with Gasteiger partial charge in [-0.05, 0) is 29.8 Å². The van der Waals surface area contributed by atoms with Crippen LogP contribution >= 0.6 is 11.3 Å². The minimum absolute atomic E-state index is 0.00246. The van der Waals surface area contributed by atoms with Crippen LogP contribution in [0, 0.1) is 23.3 Å². The lowest BCUT2D eigenvalue weighted by atomic mass is 10.2. The molecule has 0 aliphatic carbocycles. The first kappa shape index (κ1) is 16.1. The summed E-state index contributed by atoms with van der Waals surface area (Å²) in [7, 11) is 0. The van der Waals surface area contributed by atoms with E-state index in [1.54, 1.807) is 0 Å². The van der Waals surface area contributed by atoms with Crippen molar-refractivity contribution in [3.63, 3.8) is 0 Å². The summed E-state index contributed by atoms with van der Waals surface area (Å²) in [6.45, 7) is 0. The van der Waals surface area contributed by atoms with Crippen molar-refractivity contribution in [3.8, 4) is 0 Å². The number of hydrogen-bond acceptors (Lipinski definition) is 3. The highest BCUT2D eigenvalue weighted by atomic mass is 32.1. The molecule has 3 rings (SSSR count). The van der Waals surface area contributed by atoms with Crippen LogP contribution in [0.5, 0.6) is 0 Å². The van der Waals surface area contributed by atoms with E-state index in [1.807, 2.05) is 0 Å². The Hall–Kier alpha value is -2.74. The molecule has 0 spiro atoms. The van der Waals surface area contributed by atoms with Crippen molar-refractivity contribution in [3.05, 3.63) is 65.2 Å². The summed E-state index contributed by atoms with van der Waals surface area (Å²) >= 11 is 0.813. The molecule has 24 heavy (non-hydrogen) atoms. The molecule has 2 aromatic carbocycles. The fourth-order valence-corrected chi connectivity index (χ4v) is 2.81. The zero-order valence-electron chi connectivity index (χ0n) is 11.8. The number of nitrogens with zero attached hydrogens (tertiary/aromatic N) is 1. The van der Waals surface area contributed by atoms with Gasteiger partial charge in [0.25, 0.3) is 0 Å². The fourth-order valence-electron chi connectivity index (χ4n) is 1.92. The zero-order valence-corrected chi connectivity index (χ0v) is 12.6. The second kappa shape index (κ2) is 6.40. The van der Waals surface area contributed by atoms with Gasteiger partial charge in [-0.3, -0.25) is 10.1 Å². The van der Waals surface area contributed by atoms with E-state index in [0.717, 1.165) is 17.4 Å². The maximum absolute atomic E-state index is 13.6. The maximum Gasteiger partial charge on any atom is 0.250 e. The van der Waals surface area contributed by atoms with Crippen LogP contribution in [0.25, 0.3) is 16.3 Å². The number of halogens is 4. The van der Waals surface area contributed by atoms with Crippen molar-refractivity contribution in [1.29, 1.82) is 0 Å². The van der Waals surface area contributed by atoms with E-state index in [0.29, 0.717) is 5.56 Å². The molecule has 3 aromatic rings. The number of hydrogen-bond donors (Lipinski definition) is 1. The first-order valence-corrected chi connectivity index (χ1v) is 7.44. The summed E-state index contributed by atoms with van der Waals surface area (Å²) in [5.74, 6) is -5.30. The van der Waals surface area contributed by atoms with Gasteiger partial charge in [-0.25, -0.2) is 22.5 Å². The second-order valence-electron chi connectivity index (χ2n) is 4.73. The third-order valence-corrected chi connectivity index (χ3v) is 3.97. The molecule has 0 aliphatic heterocycles. The average molecular weight is 352 g/mol. The van der Waals surface area contributed by atoms with Crippen molar-refractivity contribution in [2.24, 2.45) is 0 Å². The molecule has 8 heteroatoms. The minimum Gasteiger partial charge on any atom is -0.298 e. The maximum atomic E-state index is 13.6. The van der Waals surface area contributed by atoms with E-state index in [2.05, 4.69) is 10.3 Å². The predicted molar refractivity (Wildman–Crippen MR) is 83.6 cm³/mol. The Morgan fingerprint density at radius 1 is 1.08 bits per heavy atom. The van der Waals surface area contributed by atoms with Gasteiger partial charge in [-0.1, -0.05) is 23.5 Å². The lowest BCUT2D eigenvalue weighted by Crippen LogP contribution is -2.07. The molecule has 0 radical (unpaired) electrons. The summed E-state index contributed by atoms with van der Waals surface area (Å²) in [6, 6.07) is 6.28.